The Morgan fingerprint density at radius 2 is 1.82 bits per heavy atom. The predicted molar refractivity (Wildman–Crippen MR) is 99.7 cm³/mol. The fraction of sp³-hybridized carbons (Fsp3) is 0.381. The van der Waals surface area contributed by atoms with Gasteiger partial charge in [-0.3, -0.25) is 4.79 Å². The molecule has 148 valence electrons. The zero-order valence-electron chi connectivity index (χ0n) is 15.5. The number of likely N-dealkylation sites (tertiary alicyclic amines) is 1. The Morgan fingerprint density at radius 3 is 2.61 bits per heavy atom. The summed E-state index contributed by atoms with van der Waals surface area (Å²) in [6.07, 6.45) is 2.77. The summed E-state index contributed by atoms with van der Waals surface area (Å²) in [5, 5.41) is 2.38. The number of rotatable bonds is 4. The molecule has 1 fully saturated rings. The van der Waals surface area contributed by atoms with Gasteiger partial charge in [0, 0.05) is 24.8 Å². The molecule has 0 spiro atoms. The minimum atomic E-state index is -0.774. The van der Waals surface area contributed by atoms with Crippen LogP contribution in [0.2, 0.25) is 0 Å². The van der Waals surface area contributed by atoms with Crippen LogP contribution in [0.1, 0.15) is 30.9 Å². The number of para-hydroxylation sites is 1. The monoisotopic (exact) mass is 389 g/mol. The van der Waals surface area contributed by atoms with Gasteiger partial charge in [0.1, 0.15) is 23.4 Å². The zero-order chi connectivity index (χ0) is 19.5. The van der Waals surface area contributed by atoms with Gasteiger partial charge in [0.05, 0.1) is 19.8 Å². The lowest BCUT2D eigenvalue weighted by atomic mass is 10.0. The van der Waals surface area contributed by atoms with Crippen LogP contribution in [0.5, 0.6) is 11.5 Å². The molecule has 0 aromatic heterocycles. The van der Waals surface area contributed by atoms with Crippen LogP contribution in [0, 0.1) is 11.6 Å². The van der Waals surface area contributed by atoms with E-state index in [4.69, 9.17) is 9.47 Å². The van der Waals surface area contributed by atoms with Crippen LogP contribution in [0.3, 0.4) is 0 Å². The molecule has 2 atom stereocenters. The van der Waals surface area contributed by atoms with Crippen molar-refractivity contribution in [1.82, 2.24) is 0 Å². The number of quaternary nitrogens is 1. The molecule has 1 amide bonds. The maximum absolute atomic E-state index is 13.8. The van der Waals surface area contributed by atoms with Crippen LogP contribution >= 0.6 is 0 Å². The third kappa shape index (κ3) is 3.94. The molecule has 2 aliphatic heterocycles. The summed E-state index contributed by atoms with van der Waals surface area (Å²) in [4.78, 5) is 13.5. The summed E-state index contributed by atoms with van der Waals surface area (Å²) in [5.41, 5.74) is 0.694. The maximum Gasteiger partial charge on any atom is 0.279 e. The fourth-order valence-corrected chi connectivity index (χ4v) is 3.93. The first-order valence-corrected chi connectivity index (χ1v) is 9.60. The quantitative estimate of drug-likeness (QED) is 0.845. The third-order valence-corrected chi connectivity index (χ3v) is 5.27. The molecular weight excluding hydrogens is 366 g/mol. The highest BCUT2D eigenvalue weighted by Crippen LogP contribution is 2.33. The summed E-state index contributed by atoms with van der Waals surface area (Å²) in [6, 6.07) is 9.58. The van der Waals surface area contributed by atoms with Gasteiger partial charge in [0.15, 0.2) is 18.0 Å². The standard InChI is InChI=1S/C21H22F2N2O3/c22-15-4-1-5-16(23)21(15)24-20(26)13-25-9-2-6-17(25)14-7-8-18-19(12-14)28-11-3-10-27-18/h1,4-5,7-8,12,17H,2-3,6,9-11,13H2,(H,24,26)/p+1/t17-/m1/s1. The number of benzene rings is 2. The molecule has 0 bridgehead atoms. The van der Waals surface area contributed by atoms with Gasteiger partial charge in [-0.25, -0.2) is 8.78 Å². The van der Waals surface area contributed by atoms with Crippen molar-refractivity contribution in [3.05, 3.63) is 53.6 Å². The minimum absolute atomic E-state index is 0.133. The first-order valence-electron chi connectivity index (χ1n) is 9.60. The first-order chi connectivity index (χ1) is 13.6. The Labute approximate surface area is 162 Å². The Hall–Kier alpha value is -2.67. The number of hydrogen-bond acceptors (Lipinski definition) is 3. The molecule has 1 saturated heterocycles. The minimum Gasteiger partial charge on any atom is -0.490 e. The van der Waals surface area contributed by atoms with Gasteiger partial charge >= 0.3 is 0 Å². The second-order valence-electron chi connectivity index (χ2n) is 7.18. The lowest BCUT2D eigenvalue weighted by Gasteiger charge is -2.22. The van der Waals surface area contributed by atoms with E-state index in [1.807, 2.05) is 18.2 Å². The van der Waals surface area contributed by atoms with Crippen molar-refractivity contribution >= 4 is 11.6 Å². The van der Waals surface area contributed by atoms with Gasteiger partial charge in [0.25, 0.3) is 5.91 Å². The Balaban J connectivity index is 1.46. The molecular formula is C21H23F2N2O3+. The van der Waals surface area contributed by atoms with Crippen molar-refractivity contribution in [2.75, 3.05) is 31.6 Å². The van der Waals surface area contributed by atoms with Crippen molar-refractivity contribution in [2.24, 2.45) is 0 Å². The van der Waals surface area contributed by atoms with Crippen molar-refractivity contribution < 1.29 is 27.9 Å². The zero-order valence-corrected chi connectivity index (χ0v) is 15.5. The number of ether oxygens (including phenoxy) is 2. The maximum atomic E-state index is 13.8. The summed E-state index contributed by atoms with van der Waals surface area (Å²) in [7, 11) is 0. The topological polar surface area (TPSA) is 52.0 Å². The Bertz CT molecular complexity index is 854. The molecule has 0 saturated carbocycles. The summed E-state index contributed by atoms with van der Waals surface area (Å²) >= 11 is 0. The van der Waals surface area contributed by atoms with Gasteiger partial charge in [0.2, 0.25) is 0 Å². The third-order valence-electron chi connectivity index (χ3n) is 5.27. The highest BCUT2D eigenvalue weighted by atomic mass is 19.1. The molecule has 2 N–H and O–H groups in total. The number of fused-ring (bicyclic) bond motifs is 1. The molecule has 5 nitrogen and oxygen atoms in total. The van der Waals surface area contributed by atoms with E-state index in [-0.39, 0.29) is 12.6 Å². The van der Waals surface area contributed by atoms with Crippen LogP contribution in [0.15, 0.2) is 36.4 Å². The van der Waals surface area contributed by atoms with E-state index >= 15 is 0 Å². The lowest BCUT2D eigenvalue weighted by Crippen LogP contribution is -3.11. The highest BCUT2D eigenvalue weighted by Gasteiger charge is 2.32. The van der Waals surface area contributed by atoms with E-state index in [1.54, 1.807) is 0 Å². The van der Waals surface area contributed by atoms with E-state index in [1.165, 1.54) is 6.07 Å². The second kappa shape index (κ2) is 8.14. The molecule has 4 rings (SSSR count). The fourth-order valence-electron chi connectivity index (χ4n) is 3.93. The van der Waals surface area contributed by atoms with Crippen LogP contribution in [0.4, 0.5) is 14.5 Å². The number of halogens is 2. The summed E-state index contributed by atoms with van der Waals surface area (Å²) in [5.74, 6) is -0.471. The average molecular weight is 389 g/mol. The van der Waals surface area contributed by atoms with Crippen molar-refractivity contribution in [3.63, 3.8) is 0 Å². The van der Waals surface area contributed by atoms with Crippen molar-refractivity contribution in [1.29, 1.82) is 0 Å². The SMILES string of the molecule is O=C(C[NH+]1CCC[C@@H]1c1ccc2c(c1)OCCCO2)Nc1c(F)cccc1F. The molecule has 7 heteroatoms. The van der Waals surface area contributed by atoms with Crippen LogP contribution in [0.25, 0.3) is 0 Å². The van der Waals surface area contributed by atoms with E-state index < -0.39 is 23.2 Å². The van der Waals surface area contributed by atoms with Gasteiger partial charge in [-0.05, 0) is 30.3 Å². The number of anilines is 1. The second-order valence-corrected chi connectivity index (χ2v) is 7.18. The first kappa shape index (κ1) is 18.7. The van der Waals surface area contributed by atoms with E-state index in [0.717, 1.165) is 59.9 Å². The van der Waals surface area contributed by atoms with E-state index in [2.05, 4.69) is 5.32 Å². The Kier molecular flexibility index (Phi) is 5.43. The van der Waals surface area contributed by atoms with Crippen LogP contribution in [-0.4, -0.2) is 32.2 Å². The molecule has 28 heavy (non-hydrogen) atoms. The Morgan fingerprint density at radius 1 is 1.07 bits per heavy atom. The van der Waals surface area contributed by atoms with Crippen molar-refractivity contribution in [2.45, 2.75) is 25.3 Å². The van der Waals surface area contributed by atoms with Gasteiger partial charge in [-0.15, -0.1) is 0 Å². The number of nitrogens with one attached hydrogen (secondary N) is 2. The largest absolute Gasteiger partial charge is 0.490 e. The molecule has 0 aliphatic carbocycles. The van der Waals surface area contributed by atoms with Crippen LogP contribution < -0.4 is 19.7 Å². The van der Waals surface area contributed by atoms with Gasteiger partial charge in [-0.2, -0.15) is 0 Å². The molecule has 2 aliphatic rings. The highest BCUT2D eigenvalue weighted by molar-refractivity contribution is 5.91. The van der Waals surface area contributed by atoms with E-state index in [0.29, 0.717) is 13.2 Å². The molecule has 2 aromatic carbocycles. The molecule has 2 heterocycles. The van der Waals surface area contributed by atoms with Gasteiger partial charge in [-0.1, -0.05) is 6.07 Å². The molecule has 0 radical (unpaired) electrons. The predicted octanol–water partition coefficient (Wildman–Crippen LogP) is 2.48. The smallest absolute Gasteiger partial charge is 0.279 e. The number of hydrogen-bond donors (Lipinski definition) is 2. The summed E-state index contributed by atoms with van der Waals surface area (Å²) < 4.78 is 39.0. The molecule has 1 unspecified atom stereocenters. The summed E-state index contributed by atoms with van der Waals surface area (Å²) in [6.45, 7) is 2.23. The van der Waals surface area contributed by atoms with Crippen molar-refractivity contribution in [3.8, 4) is 11.5 Å². The van der Waals surface area contributed by atoms with Gasteiger partial charge < -0.3 is 19.7 Å². The van der Waals surface area contributed by atoms with Crippen LogP contribution in [-0.2, 0) is 4.79 Å². The number of amides is 1. The normalized spacial score (nSPS) is 21.2. The number of carbonyl (C=O) groups is 1. The number of carbonyl (C=O) groups excluding carboxylic acids is 1. The molecule has 2 aromatic rings. The van der Waals surface area contributed by atoms with E-state index in [9.17, 15) is 13.6 Å². The lowest BCUT2D eigenvalue weighted by molar-refractivity contribution is -0.910. The average Bonchev–Trinajstić information content (AvgIpc) is 3.00.